The molecule has 0 spiro atoms. The average Bonchev–Trinajstić information content (AvgIpc) is 2.82. The summed E-state index contributed by atoms with van der Waals surface area (Å²) in [6, 6.07) is 16.5. The number of fused-ring (bicyclic) bond motifs is 1. The fraction of sp³-hybridized carbons (Fsp3) is 0.120. The summed E-state index contributed by atoms with van der Waals surface area (Å²) in [5.74, 6) is 1.31. The van der Waals surface area contributed by atoms with Crippen molar-refractivity contribution in [2.24, 2.45) is 0 Å². The SMILES string of the molecule is COc1ccc(/C=C/c2nc3ccccc3c(=O)n2-c2cccc(C(F)(F)F)c2)c(OC)c1. The zero-order valence-electron chi connectivity index (χ0n) is 17.8. The Labute approximate surface area is 187 Å². The van der Waals surface area contributed by atoms with Gasteiger partial charge in [0.25, 0.3) is 5.56 Å². The Morgan fingerprint density at radius 2 is 1.70 bits per heavy atom. The Bertz CT molecular complexity index is 1410. The summed E-state index contributed by atoms with van der Waals surface area (Å²) in [4.78, 5) is 17.8. The Morgan fingerprint density at radius 1 is 0.909 bits per heavy atom. The molecule has 1 aromatic heterocycles. The van der Waals surface area contributed by atoms with Gasteiger partial charge in [-0.1, -0.05) is 18.2 Å². The van der Waals surface area contributed by atoms with Crippen molar-refractivity contribution in [3.05, 3.63) is 94.0 Å². The van der Waals surface area contributed by atoms with Crippen LogP contribution in [0.1, 0.15) is 17.0 Å². The second-order valence-corrected chi connectivity index (χ2v) is 7.12. The number of nitrogens with zero attached hydrogens (tertiary/aromatic N) is 2. The van der Waals surface area contributed by atoms with Gasteiger partial charge in [0.15, 0.2) is 0 Å². The highest BCUT2D eigenvalue weighted by atomic mass is 19.4. The van der Waals surface area contributed by atoms with Crippen LogP contribution in [0.2, 0.25) is 0 Å². The maximum absolute atomic E-state index is 13.3. The minimum absolute atomic E-state index is 0.0643. The van der Waals surface area contributed by atoms with Crippen molar-refractivity contribution in [1.82, 2.24) is 9.55 Å². The molecule has 0 aliphatic carbocycles. The van der Waals surface area contributed by atoms with Crippen LogP contribution in [-0.2, 0) is 6.18 Å². The molecule has 0 radical (unpaired) electrons. The van der Waals surface area contributed by atoms with E-state index in [0.717, 1.165) is 12.1 Å². The predicted molar refractivity (Wildman–Crippen MR) is 121 cm³/mol. The molecule has 0 saturated carbocycles. The molecule has 0 N–H and O–H groups in total. The lowest BCUT2D eigenvalue weighted by molar-refractivity contribution is -0.137. The molecule has 4 aromatic rings. The van der Waals surface area contributed by atoms with Crippen LogP contribution in [0.15, 0.2) is 71.5 Å². The zero-order valence-corrected chi connectivity index (χ0v) is 17.8. The molecule has 0 unspecified atom stereocenters. The predicted octanol–water partition coefficient (Wildman–Crippen LogP) is 5.59. The van der Waals surface area contributed by atoms with Gasteiger partial charge >= 0.3 is 6.18 Å². The summed E-state index contributed by atoms with van der Waals surface area (Å²) >= 11 is 0. The lowest BCUT2D eigenvalue weighted by Gasteiger charge is -2.14. The number of halogens is 3. The molecule has 0 aliphatic rings. The maximum atomic E-state index is 13.3. The van der Waals surface area contributed by atoms with Gasteiger partial charge in [-0.25, -0.2) is 4.98 Å². The molecule has 33 heavy (non-hydrogen) atoms. The van der Waals surface area contributed by atoms with E-state index in [2.05, 4.69) is 4.98 Å². The van der Waals surface area contributed by atoms with E-state index >= 15 is 0 Å². The van der Waals surface area contributed by atoms with Crippen LogP contribution in [0.4, 0.5) is 13.2 Å². The molecule has 0 bridgehead atoms. The van der Waals surface area contributed by atoms with E-state index in [1.165, 1.54) is 30.9 Å². The van der Waals surface area contributed by atoms with Crippen molar-refractivity contribution in [2.75, 3.05) is 14.2 Å². The van der Waals surface area contributed by atoms with Gasteiger partial charge in [-0.2, -0.15) is 13.2 Å². The lowest BCUT2D eigenvalue weighted by Crippen LogP contribution is -2.22. The van der Waals surface area contributed by atoms with Crippen molar-refractivity contribution in [3.8, 4) is 17.2 Å². The maximum Gasteiger partial charge on any atom is 0.416 e. The van der Waals surface area contributed by atoms with Gasteiger partial charge < -0.3 is 9.47 Å². The first-order valence-electron chi connectivity index (χ1n) is 9.91. The largest absolute Gasteiger partial charge is 0.497 e. The van der Waals surface area contributed by atoms with Gasteiger partial charge in [-0.3, -0.25) is 9.36 Å². The number of rotatable bonds is 5. The van der Waals surface area contributed by atoms with Gasteiger partial charge in [-0.05, 0) is 54.6 Å². The molecular formula is C25H19F3N2O3. The van der Waals surface area contributed by atoms with E-state index in [1.54, 1.807) is 54.6 Å². The van der Waals surface area contributed by atoms with Gasteiger partial charge in [0, 0.05) is 11.6 Å². The average molecular weight is 452 g/mol. The minimum Gasteiger partial charge on any atom is -0.497 e. The first-order valence-corrected chi connectivity index (χ1v) is 9.91. The van der Waals surface area contributed by atoms with Crippen molar-refractivity contribution in [3.63, 3.8) is 0 Å². The highest BCUT2D eigenvalue weighted by Gasteiger charge is 2.30. The summed E-state index contributed by atoms with van der Waals surface area (Å²) in [7, 11) is 3.05. The quantitative estimate of drug-likeness (QED) is 0.396. The van der Waals surface area contributed by atoms with E-state index in [-0.39, 0.29) is 11.5 Å². The second kappa shape index (κ2) is 8.82. The summed E-state index contributed by atoms with van der Waals surface area (Å²) in [6.07, 6.45) is -1.30. The van der Waals surface area contributed by atoms with Crippen molar-refractivity contribution in [2.45, 2.75) is 6.18 Å². The van der Waals surface area contributed by atoms with E-state index < -0.39 is 17.3 Å². The van der Waals surface area contributed by atoms with Crippen LogP contribution in [0.5, 0.6) is 11.5 Å². The number of hydrogen-bond acceptors (Lipinski definition) is 4. The van der Waals surface area contributed by atoms with Crippen molar-refractivity contribution in [1.29, 1.82) is 0 Å². The Hall–Kier alpha value is -4.07. The van der Waals surface area contributed by atoms with Gasteiger partial charge in [0.05, 0.1) is 36.4 Å². The molecule has 168 valence electrons. The van der Waals surface area contributed by atoms with Gasteiger partial charge in [0.2, 0.25) is 0 Å². The standard InChI is InChI=1S/C25H19F3N2O3/c1-32-19-12-10-16(22(15-19)33-2)11-13-23-29-21-9-4-3-8-20(21)24(31)30(23)18-7-5-6-17(14-18)25(26,27)28/h3-15H,1-2H3/b13-11+. The number of benzene rings is 3. The second-order valence-electron chi connectivity index (χ2n) is 7.12. The third-order valence-electron chi connectivity index (χ3n) is 5.09. The molecule has 1 heterocycles. The number of para-hydroxylation sites is 1. The van der Waals surface area contributed by atoms with Crippen LogP contribution >= 0.6 is 0 Å². The Kier molecular flexibility index (Phi) is 5.91. The molecule has 5 nitrogen and oxygen atoms in total. The van der Waals surface area contributed by atoms with Gasteiger partial charge in [0.1, 0.15) is 17.3 Å². The van der Waals surface area contributed by atoms with E-state index in [0.29, 0.717) is 28.0 Å². The highest BCUT2D eigenvalue weighted by molar-refractivity contribution is 5.80. The number of methoxy groups -OCH3 is 2. The normalized spacial score (nSPS) is 11.8. The number of alkyl halides is 3. The number of ether oxygens (including phenoxy) is 2. The third-order valence-corrected chi connectivity index (χ3v) is 5.09. The first-order chi connectivity index (χ1) is 15.8. The zero-order chi connectivity index (χ0) is 23.6. The Morgan fingerprint density at radius 3 is 2.42 bits per heavy atom. The third kappa shape index (κ3) is 4.45. The van der Waals surface area contributed by atoms with Crippen LogP contribution in [0.25, 0.3) is 28.7 Å². The van der Waals surface area contributed by atoms with E-state index in [4.69, 9.17) is 9.47 Å². The number of aromatic nitrogens is 2. The van der Waals surface area contributed by atoms with Crippen molar-refractivity contribution < 1.29 is 22.6 Å². The molecule has 0 amide bonds. The van der Waals surface area contributed by atoms with Crippen LogP contribution < -0.4 is 15.0 Å². The molecule has 0 aliphatic heterocycles. The van der Waals surface area contributed by atoms with E-state index in [9.17, 15) is 18.0 Å². The Balaban J connectivity index is 1.92. The fourth-order valence-electron chi connectivity index (χ4n) is 3.45. The van der Waals surface area contributed by atoms with Crippen LogP contribution in [0.3, 0.4) is 0 Å². The fourth-order valence-corrected chi connectivity index (χ4v) is 3.45. The summed E-state index contributed by atoms with van der Waals surface area (Å²) in [5.41, 5.74) is -0.147. The van der Waals surface area contributed by atoms with Crippen LogP contribution in [0, 0.1) is 0 Å². The smallest absolute Gasteiger partial charge is 0.416 e. The van der Waals surface area contributed by atoms with Crippen LogP contribution in [-0.4, -0.2) is 23.8 Å². The molecular weight excluding hydrogens is 433 g/mol. The molecule has 8 heteroatoms. The summed E-state index contributed by atoms with van der Waals surface area (Å²) in [6.45, 7) is 0. The summed E-state index contributed by atoms with van der Waals surface area (Å²) in [5, 5.41) is 0.300. The molecule has 3 aromatic carbocycles. The van der Waals surface area contributed by atoms with Gasteiger partial charge in [-0.15, -0.1) is 0 Å². The lowest BCUT2D eigenvalue weighted by atomic mass is 10.1. The number of hydrogen-bond donors (Lipinski definition) is 0. The first kappa shape index (κ1) is 22.1. The van der Waals surface area contributed by atoms with Crippen molar-refractivity contribution >= 4 is 23.1 Å². The molecule has 0 saturated heterocycles. The van der Waals surface area contributed by atoms with E-state index in [1.807, 2.05) is 0 Å². The molecule has 4 rings (SSSR count). The molecule has 0 fully saturated rings. The molecule has 0 atom stereocenters. The minimum atomic E-state index is -4.55. The topological polar surface area (TPSA) is 53.3 Å². The highest BCUT2D eigenvalue weighted by Crippen LogP contribution is 2.31. The monoisotopic (exact) mass is 452 g/mol. The summed E-state index contributed by atoms with van der Waals surface area (Å²) < 4.78 is 51.7.